The SMILES string of the molecule is CCCCn1c(C)nc(-c2ccccc2C2CC2)c1N. The predicted octanol–water partition coefficient (Wildman–Crippen LogP) is 4.12. The summed E-state index contributed by atoms with van der Waals surface area (Å²) >= 11 is 0. The maximum atomic E-state index is 6.37. The van der Waals surface area contributed by atoms with Crippen molar-refractivity contribution in [2.75, 3.05) is 5.73 Å². The topological polar surface area (TPSA) is 43.8 Å². The van der Waals surface area contributed by atoms with Gasteiger partial charge in [-0.2, -0.15) is 0 Å². The van der Waals surface area contributed by atoms with Crippen molar-refractivity contribution in [2.24, 2.45) is 0 Å². The molecule has 0 amide bonds. The summed E-state index contributed by atoms with van der Waals surface area (Å²) < 4.78 is 2.16. The van der Waals surface area contributed by atoms with Crippen LogP contribution in [0.25, 0.3) is 11.3 Å². The van der Waals surface area contributed by atoms with Gasteiger partial charge in [0.2, 0.25) is 0 Å². The summed E-state index contributed by atoms with van der Waals surface area (Å²) in [5.41, 5.74) is 9.98. The van der Waals surface area contributed by atoms with Gasteiger partial charge in [-0.05, 0) is 37.7 Å². The van der Waals surface area contributed by atoms with Crippen LogP contribution in [0.15, 0.2) is 24.3 Å². The second-order valence-corrected chi connectivity index (χ2v) is 5.76. The van der Waals surface area contributed by atoms with Crippen LogP contribution in [0.1, 0.15) is 49.9 Å². The molecule has 1 aliphatic rings. The largest absolute Gasteiger partial charge is 0.383 e. The summed E-state index contributed by atoms with van der Waals surface area (Å²) in [7, 11) is 0. The predicted molar refractivity (Wildman–Crippen MR) is 83.7 cm³/mol. The van der Waals surface area contributed by atoms with Crippen LogP contribution in [0, 0.1) is 6.92 Å². The molecule has 3 nitrogen and oxygen atoms in total. The Hall–Kier alpha value is -1.77. The number of aromatic nitrogens is 2. The lowest BCUT2D eigenvalue weighted by Gasteiger charge is -2.09. The van der Waals surface area contributed by atoms with E-state index in [9.17, 15) is 0 Å². The maximum Gasteiger partial charge on any atom is 0.131 e. The fourth-order valence-electron chi connectivity index (χ4n) is 2.84. The molecule has 1 heterocycles. The van der Waals surface area contributed by atoms with Crippen LogP contribution in [0.4, 0.5) is 5.82 Å². The van der Waals surface area contributed by atoms with Crippen LogP contribution in [0.2, 0.25) is 0 Å². The number of hydrogen-bond donors (Lipinski definition) is 1. The third-order valence-corrected chi connectivity index (χ3v) is 4.17. The highest BCUT2D eigenvalue weighted by Gasteiger charge is 2.27. The monoisotopic (exact) mass is 269 g/mol. The zero-order chi connectivity index (χ0) is 14.1. The van der Waals surface area contributed by atoms with E-state index in [4.69, 9.17) is 10.7 Å². The van der Waals surface area contributed by atoms with Crippen LogP contribution < -0.4 is 5.73 Å². The molecule has 20 heavy (non-hydrogen) atoms. The Morgan fingerprint density at radius 3 is 2.75 bits per heavy atom. The first kappa shape index (κ1) is 13.2. The van der Waals surface area contributed by atoms with E-state index in [-0.39, 0.29) is 0 Å². The number of rotatable bonds is 5. The van der Waals surface area contributed by atoms with Gasteiger partial charge in [-0.15, -0.1) is 0 Å². The Morgan fingerprint density at radius 1 is 1.30 bits per heavy atom. The van der Waals surface area contributed by atoms with E-state index in [1.807, 2.05) is 0 Å². The Labute approximate surface area is 120 Å². The summed E-state index contributed by atoms with van der Waals surface area (Å²) in [6.07, 6.45) is 4.91. The number of aryl methyl sites for hydroxylation is 1. The number of imidazole rings is 1. The quantitative estimate of drug-likeness (QED) is 0.887. The number of nitrogens with two attached hydrogens (primary N) is 1. The number of benzene rings is 1. The zero-order valence-electron chi connectivity index (χ0n) is 12.4. The molecule has 0 saturated heterocycles. The standard InChI is InChI=1S/C17H23N3/c1-3-4-11-20-12(2)19-16(17(20)18)15-8-6-5-7-14(15)13-9-10-13/h5-8,13H,3-4,9-11,18H2,1-2H3. The molecule has 1 aromatic carbocycles. The van der Waals surface area contributed by atoms with Gasteiger partial charge < -0.3 is 10.3 Å². The molecule has 0 unspecified atom stereocenters. The average molecular weight is 269 g/mol. The Balaban J connectivity index is 2.02. The summed E-state index contributed by atoms with van der Waals surface area (Å²) in [4.78, 5) is 4.74. The molecule has 0 radical (unpaired) electrons. The van der Waals surface area contributed by atoms with Crippen LogP contribution in [0.5, 0.6) is 0 Å². The molecule has 0 spiro atoms. The van der Waals surface area contributed by atoms with Gasteiger partial charge in [-0.25, -0.2) is 4.98 Å². The fourth-order valence-corrected chi connectivity index (χ4v) is 2.84. The Morgan fingerprint density at radius 2 is 2.05 bits per heavy atom. The normalized spacial score (nSPS) is 14.7. The van der Waals surface area contributed by atoms with Crippen molar-refractivity contribution in [1.29, 1.82) is 0 Å². The molecular formula is C17H23N3. The molecule has 1 aliphatic carbocycles. The first-order valence-corrected chi connectivity index (χ1v) is 7.64. The van der Waals surface area contributed by atoms with Crippen LogP contribution in [-0.2, 0) is 6.54 Å². The van der Waals surface area contributed by atoms with E-state index in [2.05, 4.69) is 42.7 Å². The van der Waals surface area contributed by atoms with E-state index in [1.165, 1.54) is 30.4 Å². The first-order chi connectivity index (χ1) is 9.72. The second-order valence-electron chi connectivity index (χ2n) is 5.76. The molecule has 106 valence electrons. The summed E-state index contributed by atoms with van der Waals surface area (Å²) in [6.45, 7) is 5.22. The summed E-state index contributed by atoms with van der Waals surface area (Å²) in [5, 5.41) is 0. The number of nitrogens with zero attached hydrogens (tertiary/aromatic N) is 2. The van der Waals surface area contributed by atoms with Gasteiger partial charge in [-0.3, -0.25) is 0 Å². The summed E-state index contributed by atoms with van der Waals surface area (Å²) in [6, 6.07) is 8.60. The summed E-state index contributed by atoms with van der Waals surface area (Å²) in [5.74, 6) is 2.56. The lowest BCUT2D eigenvalue weighted by molar-refractivity contribution is 0.622. The minimum atomic E-state index is 0.715. The highest BCUT2D eigenvalue weighted by Crippen LogP contribution is 2.45. The maximum absolute atomic E-state index is 6.37. The lowest BCUT2D eigenvalue weighted by atomic mass is 10.0. The Kier molecular flexibility index (Phi) is 3.51. The molecule has 0 aliphatic heterocycles. The van der Waals surface area contributed by atoms with Gasteiger partial charge in [-0.1, -0.05) is 37.6 Å². The smallest absolute Gasteiger partial charge is 0.131 e. The van der Waals surface area contributed by atoms with Gasteiger partial charge in [0.05, 0.1) is 0 Å². The van der Waals surface area contributed by atoms with Gasteiger partial charge in [0.25, 0.3) is 0 Å². The van der Waals surface area contributed by atoms with Gasteiger partial charge in [0, 0.05) is 12.1 Å². The molecule has 1 saturated carbocycles. The molecule has 0 atom stereocenters. The number of anilines is 1. The van der Waals surface area contributed by atoms with E-state index in [0.717, 1.165) is 30.3 Å². The van der Waals surface area contributed by atoms with Crippen molar-refractivity contribution in [3.05, 3.63) is 35.7 Å². The molecular weight excluding hydrogens is 246 g/mol. The van der Waals surface area contributed by atoms with Crippen molar-refractivity contribution >= 4 is 5.82 Å². The van der Waals surface area contributed by atoms with Gasteiger partial charge in [0.1, 0.15) is 17.3 Å². The number of nitrogen functional groups attached to an aromatic ring is 1. The first-order valence-electron chi connectivity index (χ1n) is 7.64. The van der Waals surface area contributed by atoms with E-state index < -0.39 is 0 Å². The second kappa shape index (κ2) is 5.31. The van der Waals surface area contributed by atoms with Gasteiger partial charge >= 0.3 is 0 Å². The van der Waals surface area contributed by atoms with Gasteiger partial charge in [0.15, 0.2) is 0 Å². The minimum Gasteiger partial charge on any atom is -0.383 e. The van der Waals surface area contributed by atoms with Crippen LogP contribution >= 0.6 is 0 Å². The molecule has 2 N–H and O–H groups in total. The average Bonchev–Trinajstić information content (AvgIpc) is 3.25. The Bertz CT molecular complexity index is 609. The molecule has 0 bridgehead atoms. The molecule has 2 aromatic rings. The van der Waals surface area contributed by atoms with Crippen LogP contribution in [-0.4, -0.2) is 9.55 Å². The number of unbranched alkanes of at least 4 members (excludes halogenated alkanes) is 1. The van der Waals surface area contributed by atoms with Crippen molar-refractivity contribution < 1.29 is 0 Å². The third kappa shape index (κ3) is 2.33. The van der Waals surface area contributed by atoms with E-state index in [1.54, 1.807) is 0 Å². The van der Waals surface area contributed by atoms with Crippen molar-refractivity contribution in [3.63, 3.8) is 0 Å². The highest BCUT2D eigenvalue weighted by molar-refractivity contribution is 5.74. The molecule has 1 aromatic heterocycles. The highest BCUT2D eigenvalue weighted by atomic mass is 15.1. The third-order valence-electron chi connectivity index (χ3n) is 4.17. The number of hydrogen-bond acceptors (Lipinski definition) is 2. The van der Waals surface area contributed by atoms with E-state index in [0.29, 0.717) is 5.92 Å². The molecule has 1 fully saturated rings. The van der Waals surface area contributed by atoms with Crippen LogP contribution in [0.3, 0.4) is 0 Å². The minimum absolute atomic E-state index is 0.715. The fraction of sp³-hybridized carbons (Fsp3) is 0.471. The lowest BCUT2D eigenvalue weighted by Crippen LogP contribution is -2.05. The van der Waals surface area contributed by atoms with E-state index >= 15 is 0 Å². The van der Waals surface area contributed by atoms with Crippen molar-refractivity contribution in [3.8, 4) is 11.3 Å². The van der Waals surface area contributed by atoms with Crippen molar-refractivity contribution in [1.82, 2.24) is 9.55 Å². The molecule has 3 rings (SSSR count). The zero-order valence-corrected chi connectivity index (χ0v) is 12.4. The molecule has 3 heteroatoms. The van der Waals surface area contributed by atoms with Crippen molar-refractivity contribution in [2.45, 2.75) is 52.0 Å².